The molecular weight excluding hydrogens is 290 g/mol. The molecule has 3 rings (SSSR count). The molecule has 124 valence electrons. The number of aromatic nitrogens is 2. The lowest BCUT2D eigenvalue weighted by Crippen LogP contribution is -2.38. The van der Waals surface area contributed by atoms with Crippen molar-refractivity contribution < 1.29 is 9.26 Å². The zero-order valence-electron chi connectivity index (χ0n) is 14.2. The van der Waals surface area contributed by atoms with Gasteiger partial charge in [0.2, 0.25) is 5.89 Å². The minimum Gasteiger partial charge on any atom is -0.496 e. The van der Waals surface area contributed by atoms with Gasteiger partial charge in [-0.2, -0.15) is 4.98 Å². The van der Waals surface area contributed by atoms with Gasteiger partial charge in [-0.05, 0) is 57.2 Å². The molecule has 2 atom stereocenters. The summed E-state index contributed by atoms with van der Waals surface area (Å²) in [5, 5.41) is 3.91. The van der Waals surface area contributed by atoms with Crippen molar-refractivity contribution in [1.29, 1.82) is 0 Å². The first-order valence-corrected chi connectivity index (χ1v) is 8.33. The smallest absolute Gasteiger partial charge is 0.243 e. The summed E-state index contributed by atoms with van der Waals surface area (Å²) >= 11 is 0. The van der Waals surface area contributed by atoms with E-state index in [-0.39, 0.29) is 6.04 Å². The molecule has 5 heteroatoms. The zero-order chi connectivity index (χ0) is 16.2. The molecule has 0 amide bonds. The molecule has 0 radical (unpaired) electrons. The minimum absolute atomic E-state index is 0.177. The van der Waals surface area contributed by atoms with Crippen LogP contribution < -0.4 is 4.74 Å². The highest BCUT2D eigenvalue weighted by Crippen LogP contribution is 2.29. The van der Waals surface area contributed by atoms with Crippen LogP contribution in [0.4, 0.5) is 0 Å². The monoisotopic (exact) mass is 315 g/mol. The Kier molecular flexibility index (Phi) is 4.96. The largest absolute Gasteiger partial charge is 0.496 e. The van der Waals surface area contributed by atoms with Gasteiger partial charge in [-0.3, -0.25) is 4.90 Å². The molecule has 0 N–H and O–H groups in total. The van der Waals surface area contributed by atoms with Gasteiger partial charge in [0.05, 0.1) is 13.2 Å². The average Bonchev–Trinajstić information content (AvgIpc) is 3.01. The van der Waals surface area contributed by atoms with E-state index >= 15 is 0 Å². The number of hydrogen-bond acceptors (Lipinski definition) is 5. The molecule has 1 aliphatic heterocycles. The maximum absolute atomic E-state index is 5.49. The van der Waals surface area contributed by atoms with Crippen LogP contribution in [-0.2, 0) is 6.42 Å². The van der Waals surface area contributed by atoms with Crippen molar-refractivity contribution in [3.05, 3.63) is 41.5 Å². The van der Waals surface area contributed by atoms with Gasteiger partial charge in [0.25, 0.3) is 0 Å². The normalized spacial score (nSPS) is 20.4. The molecule has 0 bridgehead atoms. The first kappa shape index (κ1) is 16.0. The van der Waals surface area contributed by atoms with E-state index in [9.17, 15) is 0 Å². The summed E-state index contributed by atoms with van der Waals surface area (Å²) < 4.78 is 10.8. The highest BCUT2D eigenvalue weighted by molar-refractivity contribution is 5.33. The summed E-state index contributed by atoms with van der Waals surface area (Å²) in [7, 11) is 1.74. The molecule has 2 aromatic rings. The molecule has 5 nitrogen and oxygen atoms in total. The van der Waals surface area contributed by atoms with Crippen molar-refractivity contribution in [3.63, 3.8) is 0 Å². The van der Waals surface area contributed by atoms with E-state index in [2.05, 4.69) is 34.1 Å². The van der Waals surface area contributed by atoms with Gasteiger partial charge in [-0.25, -0.2) is 0 Å². The summed E-state index contributed by atoms with van der Waals surface area (Å²) in [6.45, 7) is 6.16. The third-order valence-corrected chi connectivity index (χ3v) is 4.70. The average molecular weight is 315 g/mol. The molecule has 1 aromatic carbocycles. The molecule has 23 heavy (non-hydrogen) atoms. The first-order valence-electron chi connectivity index (χ1n) is 8.33. The number of nitrogens with zero attached hydrogens (tertiary/aromatic N) is 3. The van der Waals surface area contributed by atoms with Crippen molar-refractivity contribution in [3.8, 4) is 5.75 Å². The van der Waals surface area contributed by atoms with Crippen LogP contribution in [0.2, 0.25) is 0 Å². The Morgan fingerprint density at radius 2 is 2.22 bits per heavy atom. The third-order valence-electron chi connectivity index (χ3n) is 4.70. The van der Waals surface area contributed by atoms with Crippen LogP contribution in [0.1, 0.15) is 43.1 Å². The van der Waals surface area contributed by atoms with Gasteiger partial charge in [-0.15, -0.1) is 0 Å². The van der Waals surface area contributed by atoms with E-state index in [1.807, 2.05) is 19.1 Å². The van der Waals surface area contributed by atoms with Gasteiger partial charge >= 0.3 is 0 Å². The maximum Gasteiger partial charge on any atom is 0.243 e. The van der Waals surface area contributed by atoms with Gasteiger partial charge in [-0.1, -0.05) is 23.4 Å². The Hall–Kier alpha value is -1.88. The Morgan fingerprint density at radius 3 is 2.96 bits per heavy atom. The molecule has 0 spiro atoms. The molecule has 1 aliphatic rings. The van der Waals surface area contributed by atoms with E-state index in [0.29, 0.717) is 11.7 Å². The summed E-state index contributed by atoms with van der Waals surface area (Å²) in [6, 6.07) is 8.50. The number of likely N-dealkylation sites (tertiary alicyclic amines) is 1. The van der Waals surface area contributed by atoms with Crippen LogP contribution in [0.3, 0.4) is 0 Å². The van der Waals surface area contributed by atoms with Gasteiger partial charge in [0, 0.05) is 6.54 Å². The Morgan fingerprint density at radius 1 is 1.39 bits per heavy atom. The second-order valence-electron chi connectivity index (χ2n) is 6.37. The predicted octanol–water partition coefficient (Wildman–Crippen LogP) is 3.40. The molecule has 2 heterocycles. The van der Waals surface area contributed by atoms with E-state index < -0.39 is 0 Å². The number of piperidine rings is 1. The van der Waals surface area contributed by atoms with Crippen LogP contribution in [0.5, 0.6) is 5.75 Å². The second kappa shape index (κ2) is 7.13. The highest BCUT2D eigenvalue weighted by Gasteiger charge is 2.27. The summed E-state index contributed by atoms with van der Waals surface area (Å²) in [5.41, 5.74) is 1.29. The standard InChI is InChI=1S/C18H25N3O2/c1-13(18-19-14(2)20-23-18)21-10-6-7-15(12-21)11-16-8-4-5-9-17(16)22-3/h4-5,8-9,13,15H,6-7,10-12H2,1-3H3/t13-,15-/m0/s1. The van der Waals surface area contributed by atoms with Crippen molar-refractivity contribution in [1.82, 2.24) is 15.0 Å². The molecule has 0 saturated carbocycles. The fourth-order valence-electron chi connectivity index (χ4n) is 3.44. The number of methoxy groups -OCH3 is 1. The summed E-state index contributed by atoms with van der Waals surface area (Å²) in [5.74, 6) is 3.05. The van der Waals surface area contributed by atoms with Crippen molar-refractivity contribution in [2.45, 2.75) is 39.2 Å². The molecule has 1 aromatic heterocycles. The van der Waals surface area contributed by atoms with Crippen LogP contribution in [-0.4, -0.2) is 35.2 Å². The highest BCUT2D eigenvalue weighted by atomic mass is 16.5. The number of ether oxygens (including phenoxy) is 1. The zero-order valence-corrected chi connectivity index (χ0v) is 14.2. The predicted molar refractivity (Wildman–Crippen MR) is 88.4 cm³/mol. The lowest BCUT2D eigenvalue weighted by atomic mass is 9.90. The van der Waals surface area contributed by atoms with E-state index in [4.69, 9.17) is 9.26 Å². The number of aryl methyl sites for hydroxylation is 1. The van der Waals surface area contributed by atoms with Crippen molar-refractivity contribution in [2.75, 3.05) is 20.2 Å². The number of para-hydroxylation sites is 1. The van der Waals surface area contributed by atoms with E-state index in [1.54, 1.807) is 7.11 Å². The van der Waals surface area contributed by atoms with Crippen LogP contribution in [0.25, 0.3) is 0 Å². The third kappa shape index (κ3) is 3.72. The molecule has 0 aliphatic carbocycles. The van der Waals surface area contributed by atoms with Crippen molar-refractivity contribution in [2.24, 2.45) is 5.92 Å². The minimum atomic E-state index is 0.177. The maximum atomic E-state index is 5.49. The Labute approximate surface area is 137 Å². The van der Waals surface area contributed by atoms with Gasteiger partial charge in [0.15, 0.2) is 5.82 Å². The summed E-state index contributed by atoms with van der Waals surface area (Å²) in [4.78, 5) is 6.84. The topological polar surface area (TPSA) is 51.4 Å². The first-order chi connectivity index (χ1) is 11.2. The summed E-state index contributed by atoms with van der Waals surface area (Å²) in [6.07, 6.45) is 3.51. The lowest BCUT2D eigenvalue weighted by molar-refractivity contribution is 0.111. The van der Waals surface area contributed by atoms with Crippen molar-refractivity contribution >= 4 is 0 Å². The fraction of sp³-hybridized carbons (Fsp3) is 0.556. The lowest BCUT2D eigenvalue weighted by Gasteiger charge is -2.35. The van der Waals surface area contributed by atoms with Crippen LogP contribution in [0, 0.1) is 12.8 Å². The van der Waals surface area contributed by atoms with Gasteiger partial charge < -0.3 is 9.26 Å². The Balaban J connectivity index is 1.66. The van der Waals surface area contributed by atoms with Crippen LogP contribution >= 0.6 is 0 Å². The number of benzene rings is 1. The second-order valence-corrected chi connectivity index (χ2v) is 6.37. The van der Waals surface area contributed by atoms with Crippen LogP contribution in [0.15, 0.2) is 28.8 Å². The number of hydrogen-bond donors (Lipinski definition) is 0. The van der Waals surface area contributed by atoms with E-state index in [1.165, 1.54) is 18.4 Å². The van der Waals surface area contributed by atoms with Gasteiger partial charge in [0.1, 0.15) is 5.75 Å². The molecule has 1 saturated heterocycles. The molecule has 1 fully saturated rings. The molecular formula is C18H25N3O2. The Bertz CT molecular complexity index is 641. The fourth-order valence-corrected chi connectivity index (χ4v) is 3.44. The molecule has 0 unspecified atom stereocenters. The number of rotatable bonds is 5. The SMILES string of the molecule is COc1ccccc1C[C@@H]1CCCN([C@@H](C)c2nc(C)no2)C1. The van der Waals surface area contributed by atoms with E-state index in [0.717, 1.165) is 31.2 Å². The quantitative estimate of drug-likeness (QED) is 0.846.